The number of hydrogen-bond acceptors (Lipinski definition) is 4. The lowest BCUT2D eigenvalue weighted by Crippen LogP contribution is -2.18. The van der Waals surface area contributed by atoms with E-state index in [0.717, 1.165) is 30.8 Å². The van der Waals surface area contributed by atoms with Gasteiger partial charge in [0.1, 0.15) is 11.6 Å². The van der Waals surface area contributed by atoms with E-state index < -0.39 is 0 Å². The average molecular weight is 279 g/mol. The predicted octanol–water partition coefficient (Wildman–Crippen LogP) is 2.45. The van der Waals surface area contributed by atoms with E-state index in [1.807, 2.05) is 22.9 Å². The molecule has 0 spiro atoms. The minimum atomic E-state index is 0.196. The van der Waals surface area contributed by atoms with Crippen LogP contribution in [0.4, 0.5) is 5.95 Å². The first-order chi connectivity index (χ1) is 9.19. The third-order valence-corrected chi connectivity index (χ3v) is 3.76. The number of rotatable bonds is 2. The van der Waals surface area contributed by atoms with Crippen molar-refractivity contribution in [2.75, 3.05) is 12.8 Å². The molecule has 0 aliphatic carbocycles. The molecule has 19 heavy (non-hydrogen) atoms. The Bertz CT molecular complexity index is 611. The summed E-state index contributed by atoms with van der Waals surface area (Å²) in [6, 6.07) is 5.85. The zero-order chi connectivity index (χ0) is 13.4. The standard InChI is InChI=1S/C13H15ClN4O/c1-19-11-5-4-8(7-10(11)14)9-3-2-6-18-12(9)16-13(15)17-18/h4-5,7,9H,2-3,6H2,1H3,(H2,15,17). The Hall–Kier alpha value is -1.75. The van der Waals surface area contributed by atoms with Crippen LogP contribution in [0.25, 0.3) is 0 Å². The summed E-state index contributed by atoms with van der Waals surface area (Å²) in [5, 5.41) is 4.82. The molecule has 1 aromatic carbocycles. The van der Waals surface area contributed by atoms with Crippen molar-refractivity contribution in [1.82, 2.24) is 14.8 Å². The number of benzene rings is 1. The molecule has 0 saturated carbocycles. The zero-order valence-electron chi connectivity index (χ0n) is 10.6. The van der Waals surface area contributed by atoms with Gasteiger partial charge in [0.25, 0.3) is 0 Å². The zero-order valence-corrected chi connectivity index (χ0v) is 11.4. The molecule has 2 heterocycles. The Kier molecular flexibility index (Phi) is 3.06. The summed E-state index contributed by atoms with van der Waals surface area (Å²) in [5.41, 5.74) is 6.81. The normalized spacial score (nSPS) is 18.1. The van der Waals surface area contributed by atoms with E-state index in [2.05, 4.69) is 10.1 Å². The first-order valence-corrected chi connectivity index (χ1v) is 6.60. The van der Waals surface area contributed by atoms with Crippen LogP contribution in [-0.2, 0) is 6.54 Å². The molecule has 0 radical (unpaired) electrons. The molecule has 0 saturated heterocycles. The Morgan fingerprint density at radius 1 is 1.47 bits per heavy atom. The van der Waals surface area contributed by atoms with Crippen LogP contribution in [-0.4, -0.2) is 21.9 Å². The van der Waals surface area contributed by atoms with Crippen molar-refractivity contribution in [3.8, 4) is 5.75 Å². The number of anilines is 1. The van der Waals surface area contributed by atoms with Crippen LogP contribution in [0.1, 0.15) is 30.1 Å². The number of ether oxygens (including phenoxy) is 1. The molecule has 2 N–H and O–H groups in total. The molecule has 0 fully saturated rings. The average Bonchev–Trinajstić information content (AvgIpc) is 2.78. The smallest absolute Gasteiger partial charge is 0.239 e. The molecule has 1 aliphatic rings. The number of nitrogen functional groups attached to an aromatic ring is 1. The SMILES string of the molecule is COc1ccc(C2CCCn3nc(N)nc32)cc1Cl. The Labute approximate surface area is 116 Å². The fraction of sp³-hybridized carbons (Fsp3) is 0.385. The second kappa shape index (κ2) is 4.74. The minimum Gasteiger partial charge on any atom is -0.495 e. The van der Waals surface area contributed by atoms with Gasteiger partial charge in [-0.05, 0) is 30.5 Å². The van der Waals surface area contributed by atoms with Gasteiger partial charge in [0.15, 0.2) is 0 Å². The lowest BCUT2D eigenvalue weighted by Gasteiger charge is -2.22. The van der Waals surface area contributed by atoms with Gasteiger partial charge < -0.3 is 10.5 Å². The quantitative estimate of drug-likeness (QED) is 0.916. The summed E-state index contributed by atoms with van der Waals surface area (Å²) >= 11 is 6.19. The molecule has 100 valence electrons. The number of aromatic nitrogens is 3. The second-order valence-corrected chi connectivity index (χ2v) is 5.05. The number of nitrogens with zero attached hydrogens (tertiary/aromatic N) is 3. The van der Waals surface area contributed by atoms with Gasteiger partial charge in [-0.25, -0.2) is 4.68 Å². The lowest BCUT2D eigenvalue weighted by atomic mass is 9.91. The summed E-state index contributed by atoms with van der Waals surface area (Å²) < 4.78 is 7.07. The highest BCUT2D eigenvalue weighted by Gasteiger charge is 2.25. The van der Waals surface area contributed by atoms with E-state index in [4.69, 9.17) is 22.1 Å². The highest BCUT2D eigenvalue weighted by molar-refractivity contribution is 6.32. The molecule has 1 aliphatic heterocycles. The van der Waals surface area contributed by atoms with Gasteiger partial charge in [0, 0.05) is 12.5 Å². The first kappa shape index (κ1) is 12.3. The molecule has 0 amide bonds. The van der Waals surface area contributed by atoms with Gasteiger partial charge in [-0.3, -0.25) is 0 Å². The predicted molar refractivity (Wildman–Crippen MR) is 73.5 cm³/mol. The fourth-order valence-electron chi connectivity index (χ4n) is 2.58. The van der Waals surface area contributed by atoms with E-state index in [9.17, 15) is 0 Å². The van der Waals surface area contributed by atoms with Crippen molar-refractivity contribution in [1.29, 1.82) is 0 Å². The van der Waals surface area contributed by atoms with Crippen LogP contribution in [0, 0.1) is 0 Å². The number of fused-ring (bicyclic) bond motifs is 1. The number of halogens is 1. The van der Waals surface area contributed by atoms with Crippen molar-refractivity contribution in [2.45, 2.75) is 25.3 Å². The molecule has 1 atom stereocenters. The second-order valence-electron chi connectivity index (χ2n) is 4.64. The molecule has 5 nitrogen and oxygen atoms in total. The number of methoxy groups -OCH3 is 1. The summed E-state index contributed by atoms with van der Waals surface area (Å²) in [6.45, 7) is 0.875. The van der Waals surface area contributed by atoms with Crippen molar-refractivity contribution >= 4 is 17.5 Å². The number of aryl methyl sites for hydroxylation is 1. The van der Waals surface area contributed by atoms with Crippen molar-refractivity contribution < 1.29 is 4.74 Å². The molecule has 6 heteroatoms. The van der Waals surface area contributed by atoms with E-state index in [1.54, 1.807) is 7.11 Å². The van der Waals surface area contributed by atoms with Crippen LogP contribution >= 0.6 is 11.6 Å². The van der Waals surface area contributed by atoms with Crippen molar-refractivity contribution in [3.63, 3.8) is 0 Å². The summed E-state index contributed by atoms with van der Waals surface area (Å²) in [5.74, 6) is 2.13. The fourth-order valence-corrected chi connectivity index (χ4v) is 2.85. The van der Waals surface area contributed by atoms with Crippen LogP contribution < -0.4 is 10.5 Å². The van der Waals surface area contributed by atoms with Gasteiger partial charge in [-0.15, -0.1) is 5.10 Å². The summed E-state index contributed by atoms with van der Waals surface area (Å²) in [4.78, 5) is 4.34. The third-order valence-electron chi connectivity index (χ3n) is 3.47. The highest BCUT2D eigenvalue weighted by Crippen LogP contribution is 2.35. The molecular formula is C13H15ClN4O. The monoisotopic (exact) mass is 278 g/mol. The van der Waals surface area contributed by atoms with E-state index in [0.29, 0.717) is 16.7 Å². The Morgan fingerprint density at radius 3 is 3.05 bits per heavy atom. The first-order valence-electron chi connectivity index (χ1n) is 6.22. The molecule has 1 aromatic heterocycles. The lowest BCUT2D eigenvalue weighted by molar-refractivity contribution is 0.414. The maximum atomic E-state index is 6.19. The molecule has 2 aromatic rings. The van der Waals surface area contributed by atoms with Crippen molar-refractivity contribution in [2.24, 2.45) is 0 Å². The van der Waals surface area contributed by atoms with Gasteiger partial charge >= 0.3 is 0 Å². The van der Waals surface area contributed by atoms with Gasteiger partial charge in [-0.1, -0.05) is 17.7 Å². The third kappa shape index (κ3) is 2.14. The molecular weight excluding hydrogens is 264 g/mol. The summed E-state index contributed by atoms with van der Waals surface area (Å²) in [7, 11) is 1.61. The largest absolute Gasteiger partial charge is 0.495 e. The highest BCUT2D eigenvalue weighted by atomic mass is 35.5. The van der Waals surface area contributed by atoms with Crippen LogP contribution in [0.3, 0.4) is 0 Å². The van der Waals surface area contributed by atoms with Crippen LogP contribution in [0.2, 0.25) is 5.02 Å². The van der Waals surface area contributed by atoms with Gasteiger partial charge in [-0.2, -0.15) is 4.98 Å². The van der Waals surface area contributed by atoms with Crippen LogP contribution in [0.15, 0.2) is 18.2 Å². The molecule has 0 bridgehead atoms. The van der Waals surface area contributed by atoms with Crippen molar-refractivity contribution in [3.05, 3.63) is 34.6 Å². The molecule has 3 rings (SSSR count). The number of hydrogen-bond donors (Lipinski definition) is 1. The van der Waals surface area contributed by atoms with Crippen LogP contribution in [0.5, 0.6) is 5.75 Å². The van der Waals surface area contributed by atoms with E-state index in [1.165, 1.54) is 0 Å². The maximum Gasteiger partial charge on any atom is 0.239 e. The number of nitrogens with two attached hydrogens (primary N) is 1. The Morgan fingerprint density at radius 2 is 2.32 bits per heavy atom. The van der Waals surface area contributed by atoms with Gasteiger partial charge in [0.2, 0.25) is 5.95 Å². The van der Waals surface area contributed by atoms with Gasteiger partial charge in [0.05, 0.1) is 12.1 Å². The minimum absolute atomic E-state index is 0.196. The van der Waals surface area contributed by atoms with E-state index in [-0.39, 0.29) is 5.92 Å². The Balaban J connectivity index is 2.01. The van der Waals surface area contributed by atoms with E-state index >= 15 is 0 Å². The topological polar surface area (TPSA) is 66.0 Å². The maximum absolute atomic E-state index is 6.19. The summed E-state index contributed by atoms with van der Waals surface area (Å²) in [6.07, 6.45) is 2.09. The molecule has 1 unspecified atom stereocenters.